The lowest BCUT2D eigenvalue weighted by Gasteiger charge is -2.08. The van der Waals surface area contributed by atoms with Crippen molar-refractivity contribution >= 4 is 17.3 Å². The molecule has 0 aliphatic rings. The van der Waals surface area contributed by atoms with Crippen LogP contribution >= 0.6 is 0 Å². The van der Waals surface area contributed by atoms with Crippen LogP contribution in [0.1, 0.15) is 16.1 Å². The Kier molecular flexibility index (Phi) is 4.26. The Labute approximate surface area is 144 Å². The number of nitrogen functional groups attached to an aromatic ring is 1. The average molecular weight is 335 g/mol. The third-order valence-electron chi connectivity index (χ3n) is 3.76. The summed E-state index contributed by atoms with van der Waals surface area (Å²) < 4.78 is 0. The fourth-order valence-electron chi connectivity index (χ4n) is 2.51. The molecule has 25 heavy (non-hydrogen) atoms. The largest absolute Gasteiger partial charge is 0.507 e. The standard InChI is InChI=1S/C19H17N3O3/c1-11-10-16(23)17(18(24)21-11)19(25)22-15-8-4-13(5-9-15)12-2-6-14(20)7-3-12/h2-10H,20H2,1H3,(H,22,25)(H2,21,23,24). The highest BCUT2D eigenvalue weighted by atomic mass is 16.3. The van der Waals surface area contributed by atoms with Crippen molar-refractivity contribution < 1.29 is 9.90 Å². The molecule has 126 valence electrons. The highest BCUT2D eigenvalue weighted by molar-refractivity contribution is 6.05. The average Bonchev–Trinajstić information content (AvgIpc) is 2.55. The molecule has 0 bridgehead atoms. The van der Waals surface area contributed by atoms with Gasteiger partial charge in [-0.05, 0) is 48.4 Å². The van der Waals surface area contributed by atoms with Crippen LogP contribution in [0.4, 0.5) is 11.4 Å². The Balaban J connectivity index is 1.81. The summed E-state index contributed by atoms with van der Waals surface area (Å²) in [6.45, 7) is 1.62. The third-order valence-corrected chi connectivity index (χ3v) is 3.76. The molecule has 0 fully saturated rings. The van der Waals surface area contributed by atoms with E-state index in [1.165, 1.54) is 6.07 Å². The maximum Gasteiger partial charge on any atom is 0.265 e. The summed E-state index contributed by atoms with van der Waals surface area (Å²) in [6.07, 6.45) is 0. The van der Waals surface area contributed by atoms with Crippen molar-refractivity contribution in [1.82, 2.24) is 4.98 Å². The predicted molar refractivity (Wildman–Crippen MR) is 97.7 cm³/mol. The van der Waals surface area contributed by atoms with Gasteiger partial charge in [0, 0.05) is 17.1 Å². The molecule has 2 aromatic carbocycles. The minimum Gasteiger partial charge on any atom is -0.507 e. The maximum absolute atomic E-state index is 12.3. The Morgan fingerprint density at radius 2 is 1.60 bits per heavy atom. The molecule has 0 saturated heterocycles. The molecule has 1 heterocycles. The van der Waals surface area contributed by atoms with Crippen LogP contribution in [-0.2, 0) is 0 Å². The van der Waals surface area contributed by atoms with Gasteiger partial charge in [-0.15, -0.1) is 0 Å². The molecule has 0 aliphatic heterocycles. The molecule has 3 rings (SSSR count). The number of aromatic nitrogens is 1. The van der Waals surface area contributed by atoms with Crippen LogP contribution in [-0.4, -0.2) is 16.0 Å². The highest BCUT2D eigenvalue weighted by Gasteiger charge is 2.16. The molecule has 5 N–H and O–H groups in total. The van der Waals surface area contributed by atoms with Gasteiger partial charge in [0.1, 0.15) is 11.3 Å². The number of rotatable bonds is 3. The van der Waals surface area contributed by atoms with E-state index in [0.29, 0.717) is 17.1 Å². The van der Waals surface area contributed by atoms with Crippen LogP contribution in [0.25, 0.3) is 11.1 Å². The van der Waals surface area contributed by atoms with Gasteiger partial charge in [0.15, 0.2) is 0 Å². The number of aromatic amines is 1. The van der Waals surface area contributed by atoms with Crippen LogP contribution in [0.15, 0.2) is 59.4 Å². The molecule has 0 saturated carbocycles. The molecule has 0 radical (unpaired) electrons. The van der Waals surface area contributed by atoms with Gasteiger partial charge < -0.3 is 21.1 Å². The number of amides is 1. The Hall–Kier alpha value is -3.54. The molecule has 0 unspecified atom stereocenters. The van der Waals surface area contributed by atoms with Gasteiger partial charge >= 0.3 is 0 Å². The lowest BCUT2D eigenvalue weighted by molar-refractivity contribution is 0.102. The van der Waals surface area contributed by atoms with E-state index in [4.69, 9.17) is 5.73 Å². The third kappa shape index (κ3) is 3.53. The predicted octanol–water partition coefficient (Wildman–Crippen LogP) is 2.89. The van der Waals surface area contributed by atoms with E-state index in [1.807, 2.05) is 36.4 Å². The number of anilines is 2. The zero-order valence-electron chi connectivity index (χ0n) is 13.5. The van der Waals surface area contributed by atoms with Gasteiger partial charge in [0.2, 0.25) is 0 Å². The molecule has 3 aromatic rings. The van der Waals surface area contributed by atoms with Crippen LogP contribution < -0.4 is 16.6 Å². The number of aryl methyl sites for hydroxylation is 1. The zero-order valence-corrected chi connectivity index (χ0v) is 13.5. The van der Waals surface area contributed by atoms with E-state index < -0.39 is 11.5 Å². The van der Waals surface area contributed by atoms with Crippen molar-refractivity contribution in [2.45, 2.75) is 6.92 Å². The Morgan fingerprint density at radius 1 is 1.04 bits per heavy atom. The number of aromatic hydroxyl groups is 1. The van der Waals surface area contributed by atoms with Crippen molar-refractivity contribution in [1.29, 1.82) is 0 Å². The molecule has 1 aromatic heterocycles. The maximum atomic E-state index is 12.3. The van der Waals surface area contributed by atoms with E-state index >= 15 is 0 Å². The zero-order chi connectivity index (χ0) is 18.0. The van der Waals surface area contributed by atoms with E-state index in [-0.39, 0.29) is 11.3 Å². The van der Waals surface area contributed by atoms with Crippen molar-refractivity contribution in [3.05, 3.63) is 76.2 Å². The number of hydrogen-bond donors (Lipinski definition) is 4. The van der Waals surface area contributed by atoms with Crippen molar-refractivity contribution in [2.75, 3.05) is 11.1 Å². The number of benzene rings is 2. The van der Waals surface area contributed by atoms with E-state index in [0.717, 1.165) is 11.1 Å². The number of carbonyl (C=O) groups excluding carboxylic acids is 1. The van der Waals surface area contributed by atoms with Crippen molar-refractivity contribution in [3.8, 4) is 16.9 Å². The second-order valence-corrected chi connectivity index (χ2v) is 5.70. The van der Waals surface area contributed by atoms with Crippen LogP contribution in [0, 0.1) is 6.92 Å². The van der Waals surface area contributed by atoms with Gasteiger partial charge in [0.25, 0.3) is 11.5 Å². The number of carbonyl (C=O) groups is 1. The quantitative estimate of drug-likeness (QED) is 0.552. The molecule has 0 aliphatic carbocycles. The van der Waals surface area contributed by atoms with E-state index in [1.54, 1.807) is 19.1 Å². The summed E-state index contributed by atoms with van der Waals surface area (Å²) in [5, 5.41) is 12.5. The molecular weight excluding hydrogens is 318 g/mol. The normalized spacial score (nSPS) is 10.4. The Morgan fingerprint density at radius 3 is 2.16 bits per heavy atom. The van der Waals surface area contributed by atoms with Gasteiger partial charge in [-0.3, -0.25) is 9.59 Å². The first-order chi connectivity index (χ1) is 11.9. The summed E-state index contributed by atoms with van der Waals surface area (Å²) >= 11 is 0. The first kappa shape index (κ1) is 16.3. The second kappa shape index (κ2) is 6.52. The molecule has 6 heteroatoms. The molecular formula is C19H17N3O3. The van der Waals surface area contributed by atoms with E-state index in [2.05, 4.69) is 10.3 Å². The summed E-state index contributed by atoms with van der Waals surface area (Å²) in [7, 11) is 0. The first-order valence-electron chi connectivity index (χ1n) is 7.64. The lowest BCUT2D eigenvalue weighted by atomic mass is 10.1. The van der Waals surface area contributed by atoms with Crippen LogP contribution in [0.2, 0.25) is 0 Å². The van der Waals surface area contributed by atoms with Crippen molar-refractivity contribution in [2.24, 2.45) is 0 Å². The van der Waals surface area contributed by atoms with E-state index in [9.17, 15) is 14.7 Å². The second-order valence-electron chi connectivity index (χ2n) is 5.70. The van der Waals surface area contributed by atoms with Crippen LogP contribution in [0.3, 0.4) is 0 Å². The number of nitrogens with two attached hydrogens (primary N) is 1. The minimum atomic E-state index is -0.668. The number of nitrogens with one attached hydrogen (secondary N) is 2. The monoisotopic (exact) mass is 335 g/mol. The summed E-state index contributed by atoms with van der Waals surface area (Å²) in [6, 6.07) is 15.9. The fraction of sp³-hybridized carbons (Fsp3) is 0.0526. The summed E-state index contributed by atoms with van der Waals surface area (Å²) in [5.74, 6) is -1.02. The number of H-pyrrole nitrogens is 1. The lowest BCUT2D eigenvalue weighted by Crippen LogP contribution is -2.23. The van der Waals surface area contributed by atoms with Crippen molar-refractivity contribution in [3.63, 3.8) is 0 Å². The molecule has 0 spiro atoms. The SMILES string of the molecule is Cc1cc(O)c(C(=O)Nc2ccc(-c3ccc(N)cc3)cc2)c(=O)[nH]1. The van der Waals surface area contributed by atoms with Gasteiger partial charge in [0.05, 0.1) is 0 Å². The molecule has 6 nitrogen and oxygen atoms in total. The van der Waals surface area contributed by atoms with Gasteiger partial charge in [-0.2, -0.15) is 0 Å². The minimum absolute atomic E-state index is 0.312. The van der Waals surface area contributed by atoms with Gasteiger partial charge in [-0.1, -0.05) is 24.3 Å². The fourth-order valence-corrected chi connectivity index (χ4v) is 2.51. The molecule has 1 amide bonds. The molecule has 0 atom stereocenters. The summed E-state index contributed by atoms with van der Waals surface area (Å²) in [5.41, 5.74) is 8.39. The number of hydrogen-bond acceptors (Lipinski definition) is 4. The highest BCUT2D eigenvalue weighted by Crippen LogP contribution is 2.23. The Bertz CT molecular complexity index is 974. The van der Waals surface area contributed by atoms with Gasteiger partial charge in [-0.25, -0.2) is 0 Å². The number of pyridine rings is 1. The smallest absolute Gasteiger partial charge is 0.265 e. The summed E-state index contributed by atoms with van der Waals surface area (Å²) in [4.78, 5) is 26.6. The van der Waals surface area contributed by atoms with Crippen LogP contribution in [0.5, 0.6) is 5.75 Å². The first-order valence-corrected chi connectivity index (χ1v) is 7.64. The topological polar surface area (TPSA) is 108 Å².